The molecule has 0 radical (unpaired) electrons. The van der Waals surface area contributed by atoms with Crippen LogP contribution in [0, 0.1) is 0 Å². The molecule has 0 unspecified atom stereocenters. The maximum absolute atomic E-state index is 6.71. The molecule has 12 rings (SSSR count). The number of para-hydroxylation sites is 3. The summed E-state index contributed by atoms with van der Waals surface area (Å²) in [6.45, 7) is 0. The molecule has 10 aromatic rings. The van der Waals surface area contributed by atoms with E-state index in [-0.39, 0.29) is 0 Å². The smallest absolute Gasteiger partial charge is 0.160 e. The molecule has 0 bridgehead atoms. The summed E-state index contributed by atoms with van der Waals surface area (Å²) >= 11 is 0. The van der Waals surface area contributed by atoms with Crippen LogP contribution in [0.5, 0.6) is 11.5 Å². The van der Waals surface area contributed by atoms with Gasteiger partial charge in [0.2, 0.25) is 0 Å². The molecule has 2 aliphatic rings. The van der Waals surface area contributed by atoms with E-state index in [9.17, 15) is 0 Å². The van der Waals surface area contributed by atoms with Gasteiger partial charge in [0.1, 0.15) is 11.5 Å². The van der Waals surface area contributed by atoms with Crippen molar-refractivity contribution in [3.05, 3.63) is 235 Å². The molecule has 0 N–H and O–H groups in total. The fourth-order valence-electron chi connectivity index (χ4n) is 9.68. The van der Waals surface area contributed by atoms with Gasteiger partial charge < -0.3 is 4.74 Å². The third-order valence-corrected chi connectivity index (χ3v) is 12.2. The lowest BCUT2D eigenvalue weighted by molar-refractivity contribution is 0.436. The van der Waals surface area contributed by atoms with Crippen LogP contribution >= 0.6 is 0 Å². The second-order valence-electron chi connectivity index (χ2n) is 15.4. The van der Waals surface area contributed by atoms with E-state index in [4.69, 9.17) is 14.7 Å². The van der Waals surface area contributed by atoms with Crippen LogP contribution in [0.15, 0.2) is 212 Å². The zero-order chi connectivity index (χ0) is 39.6. The van der Waals surface area contributed by atoms with Gasteiger partial charge >= 0.3 is 0 Å². The van der Waals surface area contributed by atoms with Crippen molar-refractivity contribution in [1.82, 2.24) is 15.0 Å². The Bertz CT molecular complexity index is 3180. The van der Waals surface area contributed by atoms with E-state index >= 15 is 0 Å². The summed E-state index contributed by atoms with van der Waals surface area (Å²) in [5.41, 5.74) is 16.8. The molecule has 0 saturated carbocycles. The highest BCUT2D eigenvalue weighted by Crippen LogP contribution is 2.64. The third-order valence-electron chi connectivity index (χ3n) is 12.2. The zero-order valence-corrected chi connectivity index (χ0v) is 32.5. The summed E-state index contributed by atoms with van der Waals surface area (Å²) in [7, 11) is 0. The summed E-state index contributed by atoms with van der Waals surface area (Å²) in [5, 5.41) is 1.14. The van der Waals surface area contributed by atoms with Gasteiger partial charge in [0, 0.05) is 39.4 Å². The third kappa shape index (κ3) is 5.14. The van der Waals surface area contributed by atoms with Crippen molar-refractivity contribution in [1.29, 1.82) is 0 Å². The van der Waals surface area contributed by atoms with Gasteiger partial charge in [-0.2, -0.15) is 0 Å². The molecule has 280 valence electrons. The van der Waals surface area contributed by atoms with Crippen molar-refractivity contribution in [2.75, 3.05) is 0 Å². The fourth-order valence-corrected chi connectivity index (χ4v) is 9.68. The van der Waals surface area contributed by atoms with E-state index in [1.54, 1.807) is 0 Å². The van der Waals surface area contributed by atoms with E-state index in [0.29, 0.717) is 5.82 Å². The first-order valence-corrected chi connectivity index (χ1v) is 20.3. The standard InChI is InChI=1S/C56H35N3O/c1-3-15-38(16-4-1)49-35-50(59-55(58-49)39-17-5-2-6-18-39)43-21-14-25-47-54(43)53-41(37-31-29-36(30-32-37)40-33-34-57-48-26-10-7-19-42(40)48)20-13-24-46(53)56(47)44-22-8-11-27-51(44)60-52-28-12-9-23-45(52)56/h1-35H. The van der Waals surface area contributed by atoms with Gasteiger partial charge in [0.05, 0.1) is 22.3 Å². The van der Waals surface area contributed by atoms with Gasteiger partial charge in [-0.15, -0.1) is 0 Å². The molecule has 60 heavy (non-hydrogen) atoms. The number of hydrogen-bond donors (Lipinski definition) is 0. The van der Waals surface area contributed by atoms with Crippen LogP contribution in [0.4, 0.5) is 0 Å². The van der Waals surface area contributed by atoms with Gasteiger partial charge in [-0.1, -0.05) is 176 Å². The van der Waals surface area contributed by atoms with Crippen LogP contribution in [-0.4, -0.2) is 15.0 Å². The van der Waals surface area contributed by atoms with E-state index in [2.05, 4.69) is 181 Å². The highest BCUT2D eigenvalue weighted by Gasteiger charge is 2.52. The number of nitrogens with zero attached hydrogens (tertiary/aromatic N) is 3. The van der Waals surface area contributed by atoms with Gasteiger partial charge in [-0.25, -0.2) is 9.97 Å². The van der Waals surface area contributed by atoms with Crippen LogP contribution in [0.1, 0.15) is 22.3 Å². The number of fused-ring (bicyclic) bond motifs is 10. The van der Waals surface area contributed by atoms with Crippen molar-refractivity contribution >= 4 is 10.9 Å². The Morgan fingerprint density at radius 2 is 0.900 bits per heavy atom. The highest BCUT2D eigenvalue weighted by molar-refractivity contribution is 6.03. The van der Waals surface area contributed by atoms with E-state index in [1.807, 2.05) is 36.5 Å². The monoisotopic (exact) mass is 765 g/mol. The lowest BCUT2D eigenvalue weighted by Gasteiger charge is -2.39. The lowest BCUT2D eigenvalue weighted by atomic mass is 9.66. The summed E-state index contributed by atoms with van der Waals surface area (Å²) < 4.78 is 6.71. The average Bonchev–Trinajstić information content (AvgIpc) is 3.63. The largest absolute Gasteiger partial charge is 0.457 e. The van der Waals surface area contributed by atoms with Gasteiger partial charge in [0.25, 0.3) is 0 Å². The molecular weight excluding hydrogens is 731 g/mol. The molecule has 0 atom stereocenters. The predicted octanol–water partition coefficient (Wildman–Crippen LogP) is 13.8. The second-order valence-corrected chi connectivity index (χ2v) is 15.4. The molecule has 1 spiro atoms. The molecule has 1 aliphatic carbocycles. The normalized spacial score (nSPS) is 12.9. The van der Waals surface area contributed by atoms with E-state index in [1.165, 1.54) is 22.3 Å². The lowest BCUT2D eigenvalue weighted by Crippen LogP contribution is -2.32. The van der Waals surface area contributed by atoms with E-state index < -0.39 is 5.41 Å². The first kappa shape index (κ1) is 34.1. The number of ether oxygens (including phenoxy) is 1. The quantitative estimate of drug-likeness (QED) is 0.175. The molecule has 2 aromatic heterocycles. The maximum Gasteiger partial charge on any atom is 0.160 e. The van der Waals surface area contributed by atoms with Crippen LogP contribution in [-0.2, 0) is 5.41 Å². The maximum atomic E-state index is 6.71. The fraction of sp³-hybridized carbons (Fsp3) is 0.0179. The molecular formula is C56H35N3O. The summed E-state index contributed by atoms with van der Waals surface area (Å²) in [6, 6.07) is 73.0. The van der Waals surface area contributed by atoms with Crippen LogP contribution < -0.4 is 4.74 Å². The van der Waals surface area contributed by atoms with Crippen molar-refractivity contribution in [3.8, 4) is 78.8 Å². The second kappa shape index (κ2) is 13.6. The first-order chi connectivity index (χ1) is 29.8. The first-order valence-electron chi connectivity index (χ1n) is 20.3. The Morgan fingerprint density at radius 3 is 1.60 bits per heavy atom. The Morgan fingerprint density at radius 1 is 0.367 bits per heavy atom. The molecule has 0 saturated heterocycles. The van der Waals surface area contributed by atoms with Gasteiger partial charge in [0.15, 0.2) is 5.82 Å². The number of benzene rings is 8. The van der Waals surface area contributed by atoms with Crippen LogP contribution in [0.25, 0.3) is 78.2 Å². The topological polar surface area (TPSA) is 47.9 Å². The molecule has 0 amide bonds. The Kier molecular flexibility index (Phi) is 7.72. The zero-order valence-electron chi connectivity index (χ0n) is 32.5. The Labute approximate surface area is 348 Å². The Hall–Kier alpha value is -7.95. The Balaban J connectivity index is 1.15. The predicted molar refractivity (Wildman–Crippen MR) is 242 cm³/mol. The average molecular weight is 766 g/mol. The molecule has 8 aromatic carbocycles. The molecule has 0 fully saturated rings. The molecule has 1 aliphatic heterocycles. The van der Waals surface area contributed by atoms with Crippen molar-refractivity contribution < 1.29 is 4.74 Å². The van der Waals surface area contributed by atoms with Gasteiger partial charge in [-0.3, -0.25) is 4.98 Å². The van der Waals surface area contributed by atoms with Crippen molar-refractivity contribution in [2.45, 2.75) is 5.41 Å². The minimum Gasteiger partial charge on any atom is -0.457 e. The summed E-state index contributed by atoms with van der Waals surface area (Å²) in [5.74, 6) is 2.41. The van der Waals surface area contributed by atoms with E-state index in [0.717, 1.165) is 83.9 Å². The molecule has 3 heterocycles. The minimum absolute atomic E-state index is 0.657. The van der Waals surface area contributed by atoms with Crippen LogP contribution in [0.2, 0.25) is 0 Å². The molecule has 4 heteroatoms. The van der Waals surface area contributed by atoms with Gasteiger partial charge in [-0.05, 0) is 74.8 Å². The molecule has 4 nitrogen and oxygen atoms in total. The number of aromatic nitrogens is 3. The number of rotatable bonds is 5. The van der Waals surface area contributed by atoms with Crippen molar-refractivity contribution in [2.24, 2.45) is 0 Å². The number of pyridine rings is 1. The SMILES string of the molecule is c1ccc(-c2cc(-c3cccc4c3-c3c(-c5ccc(-c6ccnc7ccccc67)cc5)cccc3C43c4ccccc4Oc4ccccc43)nc(-c3ccccc3)n2)cc1. The number of hydrogen-bond acceptors (Lipinski definition) is 4. The van der Waals surface area contributed by atoms with Crippen molar-refractivity contribution in [3.63, 3.8) is 0 Å². The summed E-state index contributed by atoms with van der Waals surface area (Å²) in [4.78, 5) is 15.2. The highest BCUT2D eigenvalue weighted by atomic mass is 16.5. The minimum atomic E-state index is -0.657. The van der Waals surface area contributed by atoms with Crippen LogP contribution in [0.3, 0.4) is 0 Å². The summed E-state index contributed by atoms with van der Waals surface area (Å²) in [6.07, 6.45) is 1.90.